The zero-order chi connectivity index (χ0) is 14.1. The van der Waals surface area contributed by atoms with E-state index in [4.69, 9.17) is 0 Å². The van der Waals surface area contributed by atoms with Crippen LogP contribution >= 0.6 is 0 Å². The maximum atomic E-state index is 4.36. The molecule has 0 unspecified atom stereocenters. The zero-order valence-corrected chi connectivity index (χ0v) is 12.3. The van der Waals surface area contributed by atoms with Gasteiger partial charge >= 0.3 is 0 Å². The molecule has 4 heteroatoms. The topological polar surface area (TPSA) is 41.9 Å². The molecule has 2 aromatic rings. The molecule has 0 saturated carbocycles. The van der Waals surface area contributed by atoms with Crippen molar-refractivity contribution in [2.75, 3.05) is 18.4 Å². The lowest BCUT2D eigenvalue weighted by molar-refractivity contribution is 0.356. The average Bonchev–Trinajstić information content (AvgIpc) is 3.00. The number of anilines is 1. The number of nitrogens with one attached hydrogen (secondary N) is 2. The molecule has 4 nitrogen and oxygen atoms in total. The van der Waals surface area contributed by atoms with E-state index < -0.39 is 0 Å². The van der Waals surface area contributed by atoms with Crippen LogP contribution in [0.3, 0.4) is 0 Å². The van der Waals surface area contributed by atoms with Crippen LogP contribution in [0.15, 0.2) is 36.5 Å². The Kier molecular flexibility index (Phi) is 3.39. The van der Waals surface area contributed by atoms with Crippen molar-refractivity contribution in [3.05, 3.63) is 47.7 Å². The molecule has 0 spiro atoms. The molecule has 0 amide bonds. The maximum absolute atomic E-state index is 4.36. The van der Waals surface area contributed by atoms with Gasteiger partial charge in [0.05, 0.1) is 6.20 Å². The van der Waals surface area contributed by atoms with Gasteiger partial charge in [-0.1, -0.05) is 24.3 Å². The molecule has 1 aliphatic heterocycles. The van der Waals surface area contributed by atoms with Crippen molar-refractivity contribution in [1.82, 2.24) is 15.1 Å². The highest BCUT2D eigenvalue weighted by molar-refractivity contribution is 5.35. The van der Waals surface area contributed by atoms with Crippen LogP contribution < -0.4 is 10.6 Å². The van der Waals surface area contributed by atoms with E-state index in [1.807, 2.05) is 12.3 Å². The summed E-state index contributed by atoms with van der Waals surface area (Å²) in [6.45, 7) is 3.09. The lowest BCUT2D eigenvalue weighted by Crippen LogP contribution is -2.37. The summed E-state index contributed by atoms with van der Waals surface area (Å²) in [5.41, 5.74) is 3.03. The normalized spacial score (nSPS) is 24.0. The minimum absolute atomic E-state index is 0.522. The third-order valence-electron chi connectivity index (χ3n) is 4.74. The predicted molar refractivity (Wildman–Crippen MR) is 84.3 cm³/mol. The molecule has 1 aromatic carbocycles. The van der Waals surface area contributed by atoms with Crippen molar-refractivity contribution in [2.45, 2.75) is 31.8 Å². The summed E-state index contributed by atoms with van der Waals surface area (Å²) in [6, 6.07) is 11.5. The van der Waals surface area contributed by atoms with Crippen molar-refractivity contribution < 1.29 is 0 Å². The summed E-state index contributed by atoms with van der Waals surface area (Å²) in [6.07, 6.45) is 5.65. The smallest absolute Gasteiger partial charge is 0.124 e. The molecular weight excluding hydrogens is 260 g/mol. The Morgan fingerprint density at radius 2 is 2.24 bits per heavy atom. The molecule has 0 radical (unpaired) electrons. The summed E-state index contributed by atoms with van der Waals surface area (Å²) in [4.78, 5) is 0. The van der Waals surface area contributed by atoms with Crippen LogP contribution in [0, 0.1) is 5.92 Å². The van der Waals surface area contributed by atoms with Crippen LogP contribution in [0.25, 0.3) is 0 Å². The van der Waals surface area contributed by atoms with Crippen LogP contribution in [-0.2, 0) is 13.0 Å². The molecule has 0 saturated heterocycles. The molecule has 2 N–H and O–H groups in total. The number of hydrogen-bond acceptors (Lipinski definition) is 3. The average molecular weight is 282 g/mol. The zero-order valence-electron chi connectivity index (χ0n) is 12.3. The van der Waals surface area contributed by atoms with Crippen molar-refractivity contribution in [3.8, 4) is 0 Å². The second kappa shape index (κ2) is 5.53. The molecule has 21 heavy (non-hydrogen) atoms. The van der Waals surface area contributed by atoms with Crippen LogP contribution in [0.5, 0.6) is 0 Å². The number of benzene rings is 1. The van der Waals surface area contributed by atoms with Gasteiger partial charge in [0.2, 0.25) is 0 Å². The maximum Gasteiger partial charge on any atom is 0.124 e. The summed E-state index contributed by atoms with van der Waals surface area (Å²) in [5.74, 6) is 1.75. The van der Waals surface area contributed by atoms with E-state index in [-0.39, 0.29) is 0 Å². The molecular formula is C17H22N4. The predicted octanol–water partition coefficient (Wildman–Crippen LogP) is 2.59. The Balaban J connectivity index is 1.40. The van der Waals surface area contributed by atoms with Crippen LogP contribution in [0.2, 0.25) is 0 Å². The van der Waals surface area contributed by atoms with Gasteiger partial charge < -0.3 is 10.6 Å². The molecule has 2 atom stereocenters. The molecule has 1 aliphatic carbocycles. The minimum atomic E-state index is 0.522. The SMILES string of the molecule is c1ccc2c(c1)CCC[C@@H]2NC[C@@H]1CNc2ccnn2C1. The second-order valence-electron chi connectivity index (χ2n) is 6.20. The van der Waals surface area contributed by atoms with Crippen LogP contribution in [-0.4, -0.2) is 22.9 Å². The standard InChI is InChI=1S/C17H22N4/c1-2-6-15-14(4-1)5-3-7-16(15)18-10-13-11-19-17-8-9-20-21(17)12-13/h1-2,4,6,8-9,13,16,18-19H,3,5,7,10-12H2/t13-,16+/m1/s1. The van der Waals surface area contributed by atoms with E-state index in [1.165, 1.54) is 30.4 Å². The van der Waals surface area contributed by atoms with E-state index in [9.17, 15) is 0 Å². The lowest BCUT2D eigenvalue weighted by Gasteiger charge is -2.30. The first-order valence-corrected chi connectivity index (χ1v) is 7.97. The highest BCUT2D eigenvalue weighted by Crippen LogP contribution is 2.29. The van der Waals surface area contributed by atoms with Gasteiger partial charge in [-0.05, 0) is 30.4 Å². The number of hydrogen-bond donors (Lipinski definition) is 2. The van der Waals surface area contributed by atoms with Crippen molar-refractivity contribution >= 4 is 5.82 Å². The molecule has 2 heterocycles. The fourth-order valence-corrected chi connectivity index (χ4v) is 3.60. The Morgan fingerprint density at radius 3 is 3.24 bits per heavy atom. The molecule has 0 fully saturated rings. The van der Waals surface area contributed by atoms with E-state index >= 15 is 0 Å². The quantitative estimate of drug-likeness (QED) is 0.909. The first-order chi connectivity index (χ1) is 10.4. The van der Waals surface area contributed by atoms with Gasteiger partial charge in [-0.25, -0.2) is 4.68 Å². The van der Waals surface area contributed by atoms with E-state index in [0.717, 1.165) is 25.5 Å². The summed E-state index contributed by atoms with van der Waals surface area (Å²) in [7, 11) is 0. The molecule has 2 aliphatic rings. The Morgan fingerprint density at radius 1 is 1.29 bits per heavy atom. The molecule has 0 bridgehead atoms. The van der Waals surface area contributed by atoms with Gasteiger partial charge in [0.1, 0.15) is 5.82 Å². The first-order valence-electron chi connectivity index (χ1n) is 7.97. The third kappa shape index (κ3) is 2.56. The minimum Gasteiger partial charge on any atom is -0.370 e. The molecule has 1 aromatic heterocycles. The van der Waals surface area contributed by atoms with Gasteiger partial charge in [0, 0.05) is 37.7 Å². The molecule has 4 rings (SSSR count). The van der Waals surface area contributed by atoms with Crippen molar-refractivity contribution in [1.29, 1.82) is 0 Å². The fourth-order valence-electron chi connectivity index (χ4n) is 3.60. The summed E-state index contributed by atoms with van der Waals surface area (Å²) in [5, 5.41) is 11.6. The largest absolute Gasteiger partial charge is 0.370 e. The molecule has 110 valence electrons. The number of nitrogens with zero attached hydrogens (tertiary/aromatic N) is 2. The highest BCUT2D eigenvalue weighted by Gasteiger charge is 2.22. The lowest BCUT2D eigenvalue weighted by atomic mass is 9.87. The van der Waals surface area contributed by atoms with Crippen LogP contribution in [0.4, 0.5) is 5.82 Å². The Bertz CT molecular complexity index is 619. The van der Waals surface area contributed by atoms with Crippen LogP contribution in [0.1, 0.15) is 30.0 Å². The summed E-state index contributed by atoms with van der Waals surface area (Å²) >= 11 is 0. The number of fused-ring (bicyclic) bond motifs is 2. The number of aromatic nitrogens is 2. The van der Waals surface area contributed by atoms with Crippen molar-refractivity contribution in [2.24, 2.45) is 5.92 Å². The van der Waals surface area contributed by atoms with E-state index in [2.05, 4.69) is 44.7 Å². The van der Waals surface area contributed by atoms with Gasteiger partial charge in [-0.15, -0.1) is 0 Å². The van der Waals surface area contributed by atoms with Gasteiger partial charge in [-0.2, -0.15) is 5.10 Å². The van der Waals surface area contributed by atoms with E-state index in [1.54, 1.807) is 0 Å². The Hall–Kier alpha value is -1.81. The van der Waals surface area contributed by atoms with Gasteiger partial charge in [-0.3, -0.25) is 0 Å². The first kappa shape index (κ1) is 12.9. The van der Waals surface area contributed by atoms with E-state index in [0.29, 0.717) is 12.0 Å². The monoisotopic (exact) mass is 282 g/mol. The van der Waals surface area contributed by atoms with Gasteiger partial charge in [0.15, 0.2) is 0 Å². The fraction of sp³-hybridized carbons (Fsp3) is 0.471. The van der Waals surface area contributed by atoms with Gasteiger partial charge in [0.25, 0.3) is 0 Å². The third-order valence-corrected chi connectivity index (χ3v) is 4.74. The number of aryl methyl sites for hydroxylation is 1. The summed E-state index contributed by atoms with van der Waals surface area (Å²) < 4.78 is 2.07. The Labute approximate surface area is 125 Å². The second-order valence-corrected chi connectivity index (χ2v) is 6.20. The van der Waals surface area contributed by atoms with Crippen molar-refractivity contribution in [3.63, 3.8) is 0 Å². The number of rotatable bonds is 3. The highest BCUT2D eigenvalue weighted by atomic mass is 15.3.